The number of carbonyl (C=O) groups is 1. The summed E-state index contributed by atoms with van der Waals surface area (Å²) in [6.45, 7) is 6.89. The van der Waals surface area contributed by atoms with Gasteiger partial charge in [0.2, 0.25) is 0 Å². The Balaban J connectivity index is 1.59. The number of hydrogen-bond acceptors (Lipinski definition) is 5. The van der Waals surface area contributed by atoms with Crippen LogP contribution in [0.25, 0.3) is 0 Å². The SMILES string of the molecule is C=C1C[C@@](O)(C(=O)O)c2ccc3c(c2)N(CCC/C=C/CCN1C)C[C@@]1(CCCc2cc(Cl)ccc21)CO3. The molecule has 2 aromatic rings. The molecule has 6 nitrogen and oxygen atoms in total. The van der Waals surface area contributed by atoms with Crippen LogP contribution in [0.2, 0.25) is 5.02 Å². The second kappa shape index (κ2) is 10.7. The topological polar surface area (TPSA) is 73.2 Å². The zero-order valence-corrected chi connectivity index (χ0v) is 22.8. The van der Waals surface area contributed by atoms with Gasteiger partial charge in [-0.15, -0.1) is 0 Å². The van der Waals surface area contributed by atoms with E-state index >= 15 is 0 Å². The van der Waals surface area contributed by atoms with Crippen molar-refractivity contribution in [2.75, 3.05) is 38.2 Å². The molecule has 7 heteroatoms. The molecule has 1 spiro atoms. The number of aliphatic carboxylic acids is 1. The van der Waals surface area contributed by atoms with E-state index in [9.17, 15) is 15.0 Å². The maximum Gasteiger partial charge on any atom is 0.340 e. The van der Waals surface area contributed by atoms with Crippen molar-refractivity contribution in [1.82, 2.24) is 4.90 Å². The fourth-order valence-corrected chi connectivity index (χ4v) is 6.40. The third kappa shape index (κ3) is 5.04. The highest BCUT2D eigenvalue weighted by atomic mass is 35.5. The van der Waals surface area contributed by atoms with Gasteiger partial charge in [0.25, 0.3) is 0 Å². The Morgan fingerprint density at radius 2 is 1.92 bits per heavy atom. The van der Waals surface area contributed by atoms with Crippen LogP contribution in [0.1, 0.15) is 55.2 Å². The lowest BCUT2D eigenvalue weighted by molar-refractivity contribution is -0.160. The fourth-order valence-electron chi connectivity index (χ4n) is 6.20. The van der Waals surface area contributed by atoms with Crippen molar-refractivity contribution in [3.63, 3.8) is 0 Å². The van der Waals surface area contributed by atoms with E-state index in [1.165, 1.54) is 11.1 Å². The molecule has 0 amide bonds. The van der Waals surface area contributed by atoms with Crippen molar-refractivity contribution < 1.29 is 19.7 Å². The Morgan fingerprint density at radius 1 is 1.11 bits per heavy atom. The molecule has 202 valence electrons. The van der Waals surface area contributed by atoms with Crippen molar-refractivity contribution in [2.45, 2.75) is 56.0 Å². The predicted octanol–water partition coefficient (Wildman–Crippen LogP) is 5.66. The molecule has 2 aromatic carbocycles. The van der Waals surface area contributed by atoms with Gasteiger partial charge in [0.05, 0.1) is 12.3 Å². The smallest absolute Gasteiger partial charge is 0.340 e. The molecule has 2 atom stereocenters. The van der Waals surface area contributed by atoms with Gasteiger partial charge in [0.15, 0.2) is 5.60 Å². The molecule has 0 saturated carbocycles. The number of carboxylic acid groups (broad SMARTS) is 1. The first-order valence-corrected chi connectivity index (χ1v) is 13.9. The molecule has 0 unspecified atom stereocenters. The number of anilines is 1. The van der Waals surface area contributed by atoms with Gasteiger partial charge in [-0.3, -0.25) is 0 Å². The van der Waals surface area contributed by atoms with E-state index in [0.717, 1.165) is 68.1 Å². The summed E-state index contributed by atoms with van der Waals surface area (Å²) in [5.41, 5.74) is 2.03. The lowest BCUT2D eigenvalue weighted by Gasteiger charge is -2.41. The van der Waals surface area contributed by atoms with Crippen molar-refractivity contribution in [1.29, 1.82) is 0 Å². The molecule has 2 aliphatic heterocycles. The molecule has 0 radical (unpaired) electrons. The van der Waals surface area contributed by atoms with Gasteiger partial charge in [0.1, 0.15) is 5.75 Å². The largest absolute Gasteiger partial charge is 0.490 e. The molecule has 3 aliphatic rings. The Hall–Kier alpha value is -2.96. The highest BCUT2D eigenvalue weighted by Crippen LogP contribution is 2.45. The summed E-state index contributed by atoms with van der Waals surface area (Å²) in [6.07, 6.45) is 10.1. The number of nitrogens with zero attached hydrogens (tertiary/aromatic N) is 2. The van der Waals surface area contributed by atoms with Gasteiger partial charge in [-0.25, -0.2) is 4.79 Å². The third-order valence-electron chi connectivity index (χ3n) is 8.46. The van der Waals surface area contributed by atoms with E-state index in [1.807, 2.05) is 30.1 Å². The standard InChI is InChI=1S/C31H37ClN2O4/c1-22-19-31(37,29(35)36)24-10-13-28-27(18-24)34(16-7-5-3-4-6-15-33(22)2)20-30(21-38-28)14-8-9-23-17-25(32)11-12-26(23)30/h3-4,10-13,17-18,37H,1,5-9,14-16,19-21H2,2H3,(H,35,36)/b4-3+/t30-,31-/m0/s1. The molecular weight excluding hydrogens is 500 g/mol. The quantitative estimate of drug-likeness (QED) is 0.458. The highest BCUT2D eigenvalue weighted by molar-refractivity contribution is 6.30. The summed E-state index contributed by atoms with van der Waals surface area (Å²) >= 11 is 6.35. The molecule has 2 heterocycles. The first-order chi connectivity index (χ1) is 18.2. The maximum absolute atomic E-state index is 12.5. The number of allylic oxidation sites excluding steroid dienone is 1. The molecule has 38 heavy (non-hydrogen) atoms. The number of carboxylic acids is 1. The van der Waals surface area contributed by atoms with E-state index < -0.39 is 11.6 Å². The van der Waals surface area contributed by atoms with Crippen molar-refractivity contribution >= 4 is 23.3 Å². The maximum atomic E-state index is 12.5. The van der Waals surface area contributed by atoms with Crippen LogP contribution in [0.4, 0.5) is 5.69 Å². The van der Waals surface area contributed by atoms with Crippen LogP contribution in [0.5, 0.6) is 5.75 Å². The van der Waals surface area contributed by atoms with E-state index in [0.29, 0.717) is 24.4 Å². The van der Waals surface area contributed by atoms with Crippen LogP contribution in [-0.4, -0.2) is 54.4 Å². The van der Waals surface area contributed by atoms with Crippen LogP contribution >= 0.6 is 11.6 Å². The molecular formula is C31H37ClN2O4. The Morgan fingerprint density at radius 3 is 2.74 bits per heavy atom. The number of halogens is 1. The zero-order chi connectivity index (χ0) is 26.9. The van der Waals surface area contributed by atoms with Crippen molar-refractivity contribution in [2.24, 2.45) is 0 Å². The summed E-state index contributed by atoms with van der Waals surface area (Å²) in [5.74, 6) is -0.567. The third-order valence-corrected chi connectivity index (χ3v) is 8.70. The Bertz CT molecular complexity index is 1260. The van der Waals surface area contributed by atoms with Crippen molar-refractivity contribution in [3.8, 4) is 5.75 Å². The van der Waals surface area contributed by atoms with Crippen LogP contribution in [0, 0.1) is 0 Å². The van der Waals surface area contributed by atoms with Gasteiger partial charge in [-0.1, -0.05) is 42.5 Å². The number of ether oxygens (including phenoxy) is 1. The molecule has 0 aromatic heterocycles. The number of hydrogen-bond donors (Lipinski definition) is 2. The van der Waals surface area contributed by atoms with Gasteiger partial charge in [0, 0.05) is 49.2 Å². The number of benzene rings is 2. The minimum atomic E-state index is -2.10. The van der Waals surface area contributed by atoms with Gasteiger partial charge in [-0.05, 0) is 79.5 Å². The van der Waals surface area contributed by atoms with Crippen LogP contribution < -0.4 is 9.64 Å². The molecule has 2 N–H and O–H groups in total. The summed E-state index contributed by atoms with van der Waals surface area (Å²) in [5, 5.41) is 22.5. The lowest BCUT2D eigenvalue weighted by Crippen LogP contribution is -2.46. The number of fused-ring (bicyclic) bond motifs is 3. The Kier molecular flexibility index (Phi) is 7.47. The summed E-state index contributed by atoms with van der Waals surface area (Å²) in [4.78, 5) is 16.7. The van der Waals surface area contributed by atoms with Crippen LogP contribution in [0.3, 0.4) is 0 Å². The number of rotatable bonds is 1. The van der Waals surface area contributed by atoms with Crippen molar-refractivity contribution in [3.05, 3.63) is 82.5 Å². The summed E-state index contributed by atoms with van der Waals surface area (Å²) in [6, 6.07) is 11.5. The average Bonchev–Trinajstić information content (AvgIpc) is 3.04. The number of aryl methyl sites for hydroxylation is 1. The summed E-state index contributed by atoms with van der Waals surface area (Å²) in [7, 11) is 1.89. The molecule has 2 bridgehead atoms. The normalized spacial score (nSPS) is 27.0. The monoisotopic (exact) mass is 536 g/mol. The second-order valence-corrected chi connectivity index (χ2v) is 11.5. The van der Waals surface area contributed by atoms with Gasteiger partial charge in [-0.2, -0.15) is 0 Å². The van der Waals surface area contributed by atoms with Crippen LogP contribution in [-0.2, 0) is 22.2 Å². The van der Waals surface area contributed by atoms with E-state index in [1.54, 1.807) is 6.07 Å². The fraction of sp³-hybridized carbons (Fsp3) is 0.452. The summed E-state index contributed by atoms with van der Waals surface area (Å²) < 4.78 is 6.50. The molecule has 0 fully saturated rings. The lowest BCUT2D eigenvalue weighted by atomic mass is 9.70. The van der Waals surface area contributed by atoms with Gasteiger partial charge >= 0.3 is 5.97 Å². The molecule has 1 aliphatic carbocycles. The first kappa shape index (κ1) is 26.6. The molecule has 0 saturated heterocycles. The van der Waals surface area contributed by atoms with Gasteiger partial charge < -0.3 is 24.7 Å². The van der Waals surface area contributed by atoms with E-state index in [4.69, 9.17) is 16.3 Å². The Labute approximate surface area is 230 Å². The minimum Gasteiger partial charge on any atom is -0.490 e. The van der Waals surface area contributed by atoms with E-state index in [-0.39, 0.29) is 11.8 Å². The predicted molar refractivity (Wildman–Crippen MR) is 151 cm³/mol. The molecule has 5 rings (SSSR count). The highest BCUT2D eigenvalue weighted by Gasteiger charge is 2.43. The average molecular weight is 537 g/mol. The second-order valence-electron chi connectivity index (χ2n) is 11.1. The van der Waals surface area contributed by atoms with E-state index in [2.05, 4.69) is 35.8 Å². The zero-order valence-electron chi connectivity index (χ0n) is 22.1. The first-order valence-electron chi connectivity index (χ1n) is 13.5. The minimum absolute atomic E-state index is 0.0970. The number of aliphatic hydroxyl groups is 1. The van der Waals surface area contributed by atoms with Crippen LogP contribution in [0.15, 0.2) is 60.8 Å².